The molecule has 0 saturated heterocycles. The number of hydrogen-bond donors (Lipinski definition) is 3. The molecule has 92 valence electrons. The number of carbonyl (C=O) groups is 2. The van der Waals surface area contributed by atoms with Gasteiger partial charge in [-0.3, -0.25) is 4.79 Å². The standard InChI is InChI=1S/C11H11ClO5/c1-5(12)9(14)6-2-7(4-8(13)3-6)10(15)11(16)17/h2-5,10,13,15H,1H3,(H,16,17). The van der Waals surface area contributed by atoms with Gasteiger partial charge in [-0.2, -0.15) is 0 Å². The summed E-state index contributed by atoms with van der Waals surface area (Å²) in [5.41, 5.74) is -0.0130. The van der Waals surface area contributed by atoms with Crippen LogP contribution in [0.4, 0.5) is 0 Å². The van der Waals surface area contributed by atoms with Crippen molar-refractivity contribution in [3.05, 3.63) is 29.3 Å². The first kappa shape index (κ1) is 13.5. The van der Waals surface area contributed by atoms with Crippen LogP contribution in [0.15, 0.2) is 18.2 Å². The number of aliphatic hydroxyl groups is 1. The van der Waals surface area contributed by atoms with Crippen LogP contribution in [-0.4, -0.2) is 32.4 Å². The van der Waals surface area contributed by atoms with E-state index in [1.165, 1.54) is 19.1 Å². The van der Waals surface area contributed by atoms with Crippen LogP contribution < -0.4 is 0 Å². The van der Waals surface area contributed by atoms with Gasteiger partial charge in [0.2, 0.25) is 0 Å². The number of aromatic hydroxyl groups is 1. The summed E-state index contributed by atoms with van der Waals surface area (Å²) in [6.07, 6.45) is -1.79. The van der Waals surface area contributed by atoms with Crippen LogP contribution in [0.5, 0.6) is 5.75 Å². The van der Waals surface area contributed by atoms with Crippen LogP contribution in [0.25, 0.3) is 0 Å². The second-order valence-corrected chi connectivity index (χ2v) is 4.19. The molecule has 1 rings (SSSR count). The highest BCUT2D eigenvalue weighted by Gasteiger charge is 2.20. The maximum absolute atomic E-state index is 11.6. The lowest BCUT2D eigenvalue weighted by molar-refractivity contribution is -0.146. The third kappa shape index (κ3) is 3.18. The molecule has 0 amide bonds. The molecule has 3 N–H and O–H groups in total. The number of aliphatic hydroxyl groups excluding tert-OH is 1. The monoisotopic (exact) mass is 258 g/mol. The van der Waals surface area contributed by atoms with Gasteiger partial charge in [-0.05, 0) is 30.7 Å². The second kappa shape index (κ2) is 5.16. The van der Waals surface area contributed by atoms with Crippen molar-refractivity contribution in [2.45, 2.75) is 18.4 Å². The highest BCUT2D eigenvalue weighted by atomic mass is 35.5. The Balaban J connectivity index is 3.19. The van der Waals surface area contributed by atoms with E-state index in [2.05, 4.69) is 0 Å². The zero-order valence-electron chi connectivity index (χ0n) is 8.92. The van der Waals surface area contributed by atoms with Crippen molar-refractivity contribution in [2.75, 3.05) is 0 Å². The smallest absolute Gasteiger partial charge is 0.337 e. The van der Waals surface area contributed by atoms with Crippen molar-refractivity contribution in [1.29, 1.82) is 0 Å². The Morgan fingerprint density at radius 3 is 2.35 bits per heavy atom. The summed E-state index contributed by atoms with van der Waals surface area (Å²) in [5.74, 6) is -2.22. The topological polar surface area (TPSA) is 94.8 Å². The van der Waals surface area contributed by atoms with Crippen LogP contribution in [-0.2, 0) is 4.79 Å². The van der Waals surface area contributed by atoms with Gasteiger partial charge in [-0.15, -0.1) is 11.6 Å². The van der Waals surface area contributed by atoms with Crippen LogP contribution in [0.1, 0.15) is 28.9 Å². The van der Waals surface area contributed by atoms with Gasteiger partial charge in [0.05, 0.1) is 5.38 Å². The number of carboxylic acids is 1. The lowest BCUT2D eigenvalue weighted by Gasteiger charge is -2.09. The third-order valence-corrected chi connectivity index (χ3v) is 2.33. The fraction of sp³-hybridized carbons (Fsp3) is 0.273. The van der Waals surface area contributed by atoms with E-state index in [4.69, 9.17) is 16.7 Å². The molecule has 2 unspecified atom stereocenters. The van der Waals surface area contributed by atoms with E-state index in [1.54, 1.807) is 0 Å². The first-order chi connectivity index (χ1) is 7.82. The predicted octanol–water partition coefficient (Wildman–Crippen LogP) is 1.32. The van der Waals surface area contributed by atoms with Gasteiger partial charge in [-0.1, -0.05) is 0 Å². The first-order valence-corrected chi connectivity index (χ1v) is 5.19. The van der Waals surface area contributed by atoms with Gasteiger partial charge in [0.15, 0.2) is 11.9 Å². The van der Waals surface area contributed by atoms with Gasteiger partial charge < -0.3 is 15.3 Å². The lowest BCUT2D eigenvalue weighted by Crippen LogP contribution is -2.14. The number of carbonyl (C=O) groups excluding carboxylic acids is 1. The van der Waals surface area contributed by atoms with E-state index >= 15 is 0 Å². The Labute approximate surface area is 102 Å². The zero-order valence-corrected chi connectivity index (χ0v) is 9.68. The SMILES string of the molecule is CC(Cl)C(=O)c1cc(O)cc(C(O)C(=O)O)c1. The molecule has 5 nitrogen and oxygen atoms in total. The number of hydrogen-bond acceptors (Lipinski definition) is 4. The molecule has 0 heterocycles. The minimum absolute atomic E-state index is 0.0581. The molecule has 6 heteroatoms. The van der Waals surface area contributed by atoms with Gasteiger partial charge >= 0.3 is 5.97 Å². The Kier molecular flexibility index (Phi) is 4.09. The fourth-order valence-electron chi connectivity index (χ4n) is 1.31. The summed E-state index contributed by atoms with van der Waals surface area (Å²) in [4.78, 5) is 22.2. The van der Waals surface area contributed by atoms with Gasteiger partial charge in [0.25, 0.3) is 0 Å². The van der Waals surface area contributed by atoms with E-state index in [0.29, 0.717) is 0 Å². The minimum atomic E-state index is -1.79. The van der Waals surface area contributed by atoms with Crippen LogP contribution in [0.2, 0.25) is 0 Å². The molecular formula is C11H11ClO5. The zero-order chi connectivity index (χ0) is 13.2. The van der Waals surface area contributed by atoms with E-state index in [-0.39, 0.29) is 16.9 Å². The number of ketones is 1. The number of aliphatic carboxylic acids is 1. The van der Waals surface area contributed by atoms with Crippen molar-refractivity contribution >= 4 is 23.4 Å². The van der Waals surface area contributed by atoms with Gasteiger partial charge in [-0.25, -0.2) is 4.79 Å². The summed E-state index contributed by atoms with van der Waals surface area (Å²) in [5, 5.41) is 26.5. The van der Waals surface area contributed by atoms with Crippen LogP contribution >= 0.6 is 11.6 Å². The molecular weight excluding hydrogens is 248 g/mol. The Hall–Kier alpha value is -1.59. The molecule has 1 aromatic rings. The van der Waals surface area contributed by atoms with Crippen molar-refractivity contribution < 1.29 is 24.9 Å². The summed E-state index contributed by atoms with van der Waals surface area (Å²) >= 11 is 5.60. The Morgan fingerprint density at radius 2 is 1.88 bits per heavy atom. The largest absolute Gasteiger partial charge is 0.508 e. The van der Waals surface area contributed by atoms with Gasteiger partial charge in [0.1, 0.15) is 5.75 Å². The maximum atomic E-state index is 11.6. The summed E-state index contributed by atoms with van der Waals surface area (Å²) in [6, 6.07) is 3.44. The number of phenolic OH excluding ortho intramolecular Hbond substituents is 1. The normalized spacial score (nSPS) is 14.1. The van der Waals surface area contributed by atoms with E-state index in [0.717, 1.165) is 6.07 Å². The van der Waals surface area contributed by atoms with Crippen molar-refractivity contribution in [2.24, 2.45) is 0 Å². The number of benzene rings is 1. The van der Waals surface area contributed by atoms with Gasteiger partial charge in [0, 0.05) is 5.56 Å². The van der Waals surface area contributed by atoms with E-state index in [9.17, 15) is 19.8 Å². The average molecular weight is 259 g/mol. The van der Waals surface area contributed by atoms with Crippen LogP contribution in [0.3, 0.4) is 0 Å². The Morgan fingerprint density at radius 1 is 1.29 bits per heavy atom. The highest BCUT2D eigenvalue weighted by Crippen LogP contribution is 2.23. The van der Waals surface area contributed by atoms with Crippen molar-refractivity contribution in [3.8, 4) is 5.75 Å². The molecule has 0 fully saturated rings. The fourth-order valence-corrected chi connectivity index (χ4v) is 1.43. The molecule has 0 aliphatic heterocycles. The lowest BCUT2D eigenvalue weighted by atomic mass is 10.0. The predicted molar refractivity (Wildman–Crippen MR) is 60.3 cm³/mol. The summed E-state index contributed by atoms with van der Waals surface area (Å²) in [7, 11) is 0. The molecule has 2 atom stereocenters. The Bertz CT molecular complexity index is 455. The molecule has 0 aliphatic rings. The minimum Gasteiger partial charge on any atom is -0.508 e. The number of Topliss-reactive ketones (excluding diaryl/α,β-unsaturated/α-hetero) is 1. The third-order valence-electron chi connectivity index (χ3n) is 2.14. The highest BCUT2D eigenvalue weighted by molar-refractivity contribution is 6.33. The number of rotatable bonds is 4. The maximum Gasteiger partial charge on any atom is 0.337 e. The molecule has 0 aliphatic carbocycles. The van der Waals surface area contributed by atoms with Crippen LogP contribution in [0, 0.1) is 0 Å². The summed E-state index contributed by atoms with van der Waals surface area (Å²) in [6.45, 7) is 1.46. The molecule has 0 spiro atoms. The van der Waals surface area contributed by atoms with Crippen molar-refractivity contribution in [3.63, 3.8) is 0 Å². The average Bonchev–Trinajstić information content (AvgIpc) is 2.25. The molecule has 0 aromatic heterocycles. The quantitative estimate of drug-likeness (QED) is 0.559. The van der Waals surface area contributed by atoms with Crippen molar-refractivity contribution in [1.82, 2.24) is 0 Å². The number of alkyl halides is 1. The number of phenols is 1. The van der Waals surface area contributed by atoms with E-state index < -0.39 is 23.2 Å². The summed E-state index contributed by atoms with van der Waals surface area (Å²) < 4.78 is 0. The molecule has 1 aromatic carbocycles. The number of halogens is 1. The van der Waals surface area contributed by atoms with E-state index in [1.807, 2.05) is 0 Å². The molecule has 17 heavy (non-hydrogen) atoms. The molecule has 0 saturated carbocycles. The first-order valence-electron chi connectivity index (χ1n) is 4.76. The molecule has 0 bridgehead atoms. The number of carboxylic acid groups (broad SMARTS) is 1. The molecule has 0 radical (unpaired) electrons. The second-order valence-electron chi connectivity index (χ2n) is 3.53.